The first-order chi connectivity index (χ1) is 14.8. The summed E-state index contributed by atoms with van der Waals surface area (Å²) in [6.07, 6.45) is 1.85. The number of hydrogen-bond donors (Lipinski definition) is 0. The zero-order chi connectivity index (χ0) is 20.3. The first-order valence-corrected chi connectivity index (χ1v) is 11.2. The van der Waals surface area contributed by atoms with Crippen LogP contribution in [-0.2, 0) is 13.1 Å². The quantitative estimate of drug-likeness (QED) is 0.414. The molecule has 4 aromatic rings. The average Bonchev–Trinajstić information content (AvgIpc) is 3.09. The SMILES string of the molecule is CCOc1cc(-c2csc3ccccc23)cc2c1OCCN(Cc1ccccn1)C2. The number of pyridine rings is 1. The molecule has 0 bridgehead atoms. The normalized spacial score (nSPS) is 14.2. The van der Waals surface area contributed by atoms with Crippen molar-refractivity contribution in [3.05, 3.63) is 77.4 Å². The van der Waals surface area contributed by atoms with E-state index in [1.807, 2.05) is 25.3 Å². The maximum atomic E-state index is 6.18. The molecule has 5 heteroatoms. The maximum absolute atomic E-state index is 6.18. The number of benzene rings is 2. The van der Waals surface area contributed by atoms with Gasteiger partial charge in [-0.15, -0.1) is 11.3 Å². The Morgan fingerprint density at radius 3 is 2.90 bits per heavy atom. The lowest BCUT2D eigenvalue weighted by Crippen LogP contribution is -2.25. The Balaban J connectivity index is 1.54. The van der Waals surface area contributed by atoms with E-state index in [4.69, 9.17) is 9.47 Å². The number of ether oxygens (including phenoxy) is 2. The number of fused-ring (bicyclic) bond motifs is 2. The molecule has 0 amide bonds. The van der Waals surface area contributed by atoms with Gasteiger partial charge < -0.3 is 9.47 Å². The van der Waals surface area contributed by atoms with Crippen LogP contribution < -0.4 is 9.47 Å². The van der Waals surface area contributed by atoms with E-state index >= 15 is 0 Å². The zero-order valence-electron chi connectivity index (χ0n) is 17.0. The Hall–Kier alpha value is -2.89. The summed E-state index contributed by atoms with van der Waals surface area (Å²) < 4.78 is 13.5. The van der Waals surface area contributed by atoms with Crippen molar-refractivity contribution in [2.45, 2.75) is 20.0 Å². The highest BCUT2D eigenvalue weighted by Gasteiger charge is 2.22. The van der Waals surface area contributed by atoms with Crippen molar-refractivity contribution in [3.63, 3.8) is 0 Å². The smallest absolute Gasteiger partial charge is 0.165 e. The number of rotatable bonds is 5. The van der Waals surface area contributed by atoms with Gasteiger partial charge in [0.05, 0.1) is 12.3 Å². The van der Waals surface area contributed by atoms with Crippen LogP contribution in [0.3, 0.4) is 0 Å². The largest absolute Gasteiger partial charge is 0.490 e. The highest BCUT2D eigenvalue weighted by molar-refractivity contribution is 7.17. The third-order valence-corrected chi connectivity index (χ3v) is 6.35. The predicted octanol–water partition coefficient (Wildman–Crippen LogP) is 5.76. The number of aromatic nitrogens is 1. The summed E-state index contributed by atoms with van der Waals surface area (Å²) >= 11 is 1.78. The van der Waals surface area contributed by atoms with Crippen LogP contribution in [0, 0.1) is 0 Å². The van der Waals surface area contributed by atoms with E-state index in [1.165, 1.54) is 26.8 Å². The van der Waals surface area contributed by atoms with Crippen LogP contribution in [0.4, 0.5) is 0 Å². The maximum Gasteiger partial charge on any atom is 0.165 e. The Morgan fingerprint density at radius 2 is 2.03 bits per heavy atom. The first kappa shape index (κ1) is 19.1. The summed E-state index contributed by atoms with van der Waals surface area (Å²) in [5.41, 5.74) is 4.67. The van der Waals surface area contributed by atoms with Crippen molar-refractivity contribution < 1.29 is 9.47 Å². The Morgan fingerprint density at radius 1 is 1.13 bits per heavy atom. The van der Waals surface area contributed by atoms with Gasteiger partial charge >= 0.3 is 0 Å². The summed E-state index contributed by atoms with van der Waals surface area (Å²) in [7, 11) is 0. The van der Waals surface area contributed by atoms with Gasteiger partial charge in [-0.3, -0.25) is 9.88 Å². The van der Waals surface area contributed by atoms with Gasteiger partial charge in [0, 0.05) is 47.0 Å². The second-order valence-electron chi connectivity index (χ2n) is 7.42. The van der Waals surface area contributed by atoms with Gasteiger partial charge in [-0.1, -0.05) is 24.3 Å². The van der Waals surface area contributed by atoms with Crippen molar-refractivity contribution in [2.75, 3.05) is 19.8 Å². The van der Waals surface area contributed by atoms with Gasteiger partial charge in [0.1, 0.15) is 6.61 Å². The third-order valence-electron chi connectivity index (χ3n) is 5.38. The second-order valence-corrected chi connectivity index (χ2v) is 8.33. The predicted molar refractivity (Wildman–Crippen MR) is 122 cm³/mol. The Labute approximate surface area is 180 Å². The van der Waals surface area contributed by atoms with Crippen molar-refractivity contribution in [1.82, 2.24) is 9.88 Å². The molecule has 152 valence electrons. The van der Waals surface area contributed by atoms with Crippen LogP contribution in [0.25, 0.3) is 21.2 Å². The summed E-state index contributed by atoms with van der Waals surface area (Å²) in [6, 6.07) is 19.0. The van der Waals surface area contributed by atoms with E-state index in [0.29, 0.717) is 13.2 Å². The van der Waals surface area contributed by atoms with Gasteiger partial charge in [-0.25, -0.2) is 0 Å². The van der Waals surface area contributed by atoms with Crippen LogP contribution in [0.5, 0.6) is 11.5 Å². The van der Waals surface area contributed by atoms with Gasteiger partial charge in [-0.2, -0.15) is 0 Å². The number of nitrogens with zero attached hydrogens (tertiary/aromatic N) is 2. The minimum Gasteiger partial charge on any atom is -0.490 e. The Bertz CT molecular complexity index is 1160. The van der Waals surface area contributed by atoms with Gasteiger partial charge in [0.25, 0.3) is 0 Å². The summed E-state index contributed by atoms with van der Waals surface area (Å²) in [6.45, 7) is 5.74. The zero-order valence-corrected chi connectivity index (χ0v) is 17.8. The summed E-state index contributed by atoms with van der Waals surface area (Å²) in [5.74, 6) is 1.71. The van der Waals surface area contributed by atoms with Crippen molar-refractivity contribution in [2.24, 2.45) is 0 Å². The molecule has 3 heterocycles. The summed E-state index contributed by atoms with van der Waals surface area (Å²) in [5, 5.41) is 3.52. The van der Waals surface area contributed by atoms with Crippen molar-refractivity contribution in [1.29, 1.82) is 0 Å². The molecule has 0 saturated heterocycles. The van der Waals surface area contributed by atoms with Crippen LogP contribution >= 0.6 is 11.3 Å². The molecule has 0 spiro atoms. The van der Waals surface area contributed by atoms with Gasteiger partial charge in [0.15, 0.2) is 11.5 Å². The fraction of sp³-hybridized carbons (Fsp3) is 0.240. The molecule has 1 aliphatic heterocycles. The monoisotopic (exact) mass is 416 g/mol. The van der Waals surface area contributed by atoms with Crippen LogP contribution in [-0.4, -0.2) is 29.6 Å². The van der Waals surface area contributed by atoms with E-state index in [-0.39, 0.29) is 0 Å². The average molecular weight is 417 g/mol. The van der Waals surface area contributed by atoms with E-state index in [9.17, 15) is 0 Å². The molecule has 0 aliphatic carbocycles. The second kappa shape index (κ2) is 8.46. The molecule has 5 rings (SSSR count). The first-order valence-electron chi connectivity index (χ1n) is 10.3. The molecule has 0 radical (unpaired) electrons. The molecule has 0 saturated carbocycles. The highest BCUT2D eigenvalue weighted by Crippen LogP contribution is 2.41. The molecule has 0 atom stereocenters. The van der Waals surface area contributed by atoms with Crippen LogP contribution in [0.15, 0.2) is 66.2 Å². The van der Waals surface area contributed by atoms with Crippen LogP contribution in [0.1, 0.15) is 18.2 Å². The molecule has 1 aliphatic rings. The fourth-order valence-electron chi connectivity index (χ4n) is 4.01. The highest BCUT2D eigenvalue weighted by atomic mass is 32.1. The molecule has 2 aromatic carbocycles. The molecule has 0 unspecified atom stereocenters. The van der Waals surface area contributed by atoms with Crippen molar-refractivity contribution in [3.8, 4) is 22.6 Å². The summed E-state index contributed by atoms with van der Waals surface area (Å²) in [4.78, 5) is 6.88. The minimum atomic E-state index is 0.612. The Kier molecular flexibility index (Phi) is 5.39. The van der Waals surface area contributed by atoms with E-state index < -0.39 is 0 Å². The molecular weight excluding hydrogens is 392 g/mol. The minimum absolute atomic E-state index is 0.612. The molecule has 2 aromatic heterocycles. The van der Waals surface area contributed by atoms with Gasteiger partial charge in [-0.05, 0) is 48.2 Å². The molecule has 4 nitrogen and oxygen atoms in total. The molecule has 0 fully saturated rings. The number of hydrogen-bond acceptors (Lipinski definition) is 5. The van der Waals surface area contributed by atoms with Crippen LogP contribution in [0.2, 0.25) is 0 Å². The molecular formula is C25H24N2O2S. The van der Waals surface area contributed by atoms with E-state index in [2.05, 4.69) is 57.7 Å². The number of thiophene rings is 1. The van der Waals surface area contributed by atoms with Gasteiger partial charge in [0.2, 0.25) is 0 Å². The topological polar surface area (TPSA) is 34.6 Å². The third kappa shape index (κ3) is 3.78. The lowest BCUT2D eigenvalue weighted by molar-refractivity contribution is 0.213. The van der Waals surface area contributed by atoms with E-state index in [0.717, 1.165) is 36.8 Å². The molecule has 30 heavy (non-hydrogen) atoms. The van der Waals surface area contributed by atoms with E-state index in [1.54, 1.807) is 11.3 Å². The standard InChI is InChI=1S/C25H24N2O2S/c1-2-28-23-14-18(22-17-30-24-9-4-3-8-21(22)24)13-19-15-27(11-12-29-25(19)23)16-20-7-5-6-10-26-20/h3-10,13-14,17H,2,11-12,15-16H2,1H3. The lowest BCUT2D eigenvalue weighted by Gasteiger charge is -2.19. The fourth-order valence-corrected chi connectivity index (χ4v) is 4.98. The van der Waals surface area contributed by atoms with Crippen molar-refractivity contribution >= 4 is 21.4 Å². The molecule has 0 N–H and O–H groups in total. The lowest BCUT2D eigenvalue weighted by atomic mass is 10.0.